The maximum Gasteiger partial charge on any atom is 0.122 e. The lowest BCUT2D eigenvalue weighted by Crippen LogP contribution is -2.40. The predicted octanol–water partition coefficient (Wildman–Crippen LogP) is 4.42. The van der Waals surface area contributed by atoms with E-state index < -0.39 is 0 Å². The number of ether oxygens (including phenoxy) is 1. The van der Waals surface area contributed by atoms with E-state index in [1.54, 1.807) is 7.11 Å². The van der Waals surface area contributed by atoms with Gasteiger partial charge < -0.3 is 10.1 Å². The highest BCUT2D eigenvalue weighted by molar-refractivity contribution is 9.10. The Bertz CT molecular complexity index is 504. The molecule has 2 aliphatic rings. The number of fused-ring (bicyclic) bond motifs is 2. The Morgan fingerprint density at radius 3 is 2.86 bits per heavy atom. The fourth-order valence-corrected chi connectivity index (χ4v) is 5.10. The summed E-state index contributed by atoms with van der Waals surface area (Å²) in [5.74, 6) is 2.90. The number of rotatable bonds is 6. The first-order valence-corrected chi connectivity index (χ1v) is 8.99. The molecule has 0 radical (unpaired) electrons. The zero-order valence-corrected chi connectivity index (χ0v) is 14.7. The predicted molar refractivity (Wildman–Crippen MR) is 90.8 cm³/mol. The molecular weight excluding hydrogens is 326 g/mol. The Balaban J connectivity index is 1.87. The monoisotopic (exact) mass is 351 g/mol. The third-order valence-corrected chi connectivity index (χ3v) is 6.11. The van der Waals surface area contributed by atoms with Gasteiger partial charge in [0.25, 0.3) is 0 Å². The fourth-order valence-electron chi connectivity index (χ4n) is 4.69. The SMILES string of the molecule is CCNCC1(Cc2cc(Br)ccc2OC)CC2CCC1C2. The molecule has 2 nitrogen and oxygen atoms in total. The second-order valence-electron chi connectivity index (χ2n) is 6.86. The van der Waals surface area contributed by atoms with Crippen LogP contribution in [0.3, 0.4) is 0 Å². The van der Waals surface area contributed by atoms with E-state index in [2.05, 4.69) is 46.4 Å². The third-order valence-electron chi connectivity index (χ3n) is 5.61. The number of methoxy groups -OCH3 is 1. The summed E-state index contributed by atoms with van der Waals surface area (Å²) in [6.45, 7) is 4.43. The van der Waals surface area contributed by atoms with Crippen molar-refractivity contribution in [1.82, 2.24) is 5.32 Å². The first-order chi connectivity index (χ1) is 10.2. The molecule has 2 bridgehead atoms. The summed E-state index contributed by atoms with van der Waals surface area (Å²) in [5, 5.41) is 3.64. The van der Waals surface area contributed by atoms with E-state index in [4.69, 9.17) is 4.74 Å². The second-order valence-corrected chi connectivity index (χ2v) is 7.77. The zero-order valence-electron chi connectivity index (χ0n) is 13.1. The van der Waals surface area contributed by atoms with Gasteiger partial charge in [-0.1, -0.05) is 29.3 Å². The summed E-state index contributed by atoms with van der Waals surface area (Å²) < 4.78 is 6.75. The minimum atomic E-state index is 0.438. The second kappa shape index (κ2) is 6.29. The van der Waals surface area contributed by atoms with Crippen LogP contribution in [-0.2, 0) is 6.42 Å². The first kappa shape index (κ1) is 15.4. The molecule has 116 valence electrons. The Kier molecular flexibility index (Phi) is 4.60. The normalized spacial score (nSPS) is 30.8. The van der Waals surface area contributed by atoms with Gasteiger partial charge >= 0.3 is 0 Å². The van der Waals surface area contributed by atoms with Crippen LogP contribution in [0.2, 0.25) is 0 Å². The number of nitrogens with one attached hydrogen (secondary N) is 1. The molecule has 21 heavy (non-hydrogen) atoms. The third kappa shape index (κ3) is 3.00. The van der Waals surface area contributed by atoms with E-state index in [9.17, 15) is 0 Å². The highest BCUT2D eigenvalue weighted by atomic mass is 79.9. The Labute approximate surface area is 136 Å². The van der Waals surface area contributed by atoms with E-state index in [0.29, 0.717) is 5.41 Å². The van der Waals surface area contributed by atoms with Gasteiger partial charge in [-0.3, -0.25) is 0 Å². The van der Waals surface area contributed by atoms with Crippen LogP contribution in [0.25, 0.3) is 0 Å². The van der Waals surface area contributed by atoms with Crippen LogP contribution in [0.1, 0.15) is 38.2 Å². The van der Waals surface area contributed by atoms with Crippen molar-refractivity contribution < 1.29 is 4.74 Å². The molecule has 3 unspecified atom stereocenters. The van der Waals surface area contributed by atoms with Crippen molar-refractivity contribution in [2.45, 2.75) is 39.0 Å². The van der Waals surface area contributed by atoms with Crippen LogP contribution in [0.15, 0.2) is 22.7 Å². The molecule has 3 rings (SSSR count). The van der Waals surface area contributed by atoms with Gasteiger partial charge in [0, 0.05) is 11.0 Å². The standard InChI is InChI=1S/C18H26BrNO/c1-3-20-12-18(10-13-4-5-15(18)8-13)11-14-9-16(19)6-7-17(14)21-2/h6-7,9,13,15,20H,3-5,8,10-12H2,1-2H3. The number of hydrogen-bond acceptors (Lipinski definition) is 2. The molecule has 2 aliphatic carbocycles. The molecule has 0 aliphatic heterocycles. The molecule has 0 aromatic heterocycles. The van der Waals surface area contributed by atoms with Crippen molar-refractivity contribution in [3.63, 3.8) is 0 Å². The van der Waals surface area contributed by atoms with Gasteiger partial charge in [0.1, 0.15) is 5.75 Å². The van der Waals surface area contributed by atoms with Crippen LogP contribution >= 0.6 is 15.9 Å². The summed E-state index contributed by atoms with van der Waals surface area (Å²) in [6, 6.07) is 6.41. The quantitative estimate of drug-likeness (QED) is 0.819. The maximum absolute atomic E-state index is 5.60. The smallest absolute Gasteiger partial charge is 0.122 e. The summed E-state index contributed by atoms with van der Waals surface area (Å²) in [6.07, 6.45) is 6.85. The van der Waals surface area contributed by atoms with Crippen molar-refractivity contribution in [2.24, 2.45) is 17.3 Å². The Hall–Kier alpha value is -0.540. The van der Waals surface area contributed by atoms with E-state index in [-0.39, 0.29) is 0 Å². The first-order valence-electron chi connectivity index (χ1n) is 8.20. The summed E-state index contributed by atoms with van der Waals surface area (Å²) in [5.41, 5.74) is 1.80. The van der Waals surface area contributed by atoms with Gasteiger partial charge in [-0.15, -0.1) is 0 Å². The van der Waals surface area contributed by atoms with Crippen molar-refractivity contribution in [2.75, 3.05) is 20.2 Å². The Morgan fingerprint density at radius 1 is 1.38 bits per heavy atom. The van der Waals surface area contributed by atoms with Gasteiger partial charge in [0.15, 0.2) is 0 Å². The lowest BCUT2D eigenvalue weighted by molar-refractivity contribution is 0.156. The topological polar surface area (TPSA) is 21.3 Å². The van der Waals surface area contributed by atoms with E-state index >= 15 is 0 Å². The summed E-state index contributed by atoms with van der Waals surface area (Å²) in [4.78, 5) is 0. The summed E-state index contributed by atoms with van der Waals surface area (Å²) >= 11 is 3.61. The fraction of sp³-hybridized carbons (Fsp3) is 0.667. The zero-order chi connectivity index (χ0) is 14.9. The highest BCUT2D eigenvalue weighted by Gasteiger charge is 2.50. The van der Waals surface area contributed by atoms with Gasteiger partial charge in [-0.2, -0.15) is 0 Å². The Morgan fingerprint density at radius 2 is 2.24 bits per heavy atom. The van der Waals surface area contributed by atoms with Crippen molar-refractivity contribution >= 4 is 15.9 Å². The maximum atomic E-state index is 5.60. The van der Waals surface area contributed by atoms with E-state index in [0.717, 1.165) is 41.6 Å². The lowest BCUT2D eigenvalue weighted by atomic mass is 9.69. The molecule has 3 heteroatoms. The number of halogens is 1. The van der Waals surface area contributed by atoms with Crippen molar-refractivity contribution in [1.29, 1.82) is 0 Å². The average molecular weight is 352 g/mol. The van der Waals surface area contributed by atoms with E-state index in [1.165, 1.54) is 31.2 Å². The minimum Gasteiger partial charge on any atom is -0.496 e. The molecule has 0 spiro atoms. The van der Waals surface area contributed by atoms with E-state index in [1.807, 2.05) is 0 Å². The van der Waals surface area contributed by atoms with Crippen molar-refractivity contribution in [3.8, 4) is 5.75 Å². The molecule has 0 heterocycles. The van der Waals surface area contributed by atoms with Gasteiger partial charge in [0.2, 0.25) is 0 Å². The number of hydrogen-bond donors (Lipinski definition) is 1. The van der Waals surface area contributed by atoms with Crippen molar-refractivity contribution in [3.05, 3.63) is 28.2 Å². The van der Waals surface area contributed by atoms with Crippen LogP contribution in [-0.4, -0.2) is 20.2 Å². The average Bonchev–Trinajstić information content (AvgIpc) is 3.06. The molecule has 2 saturated carbocycles. The van der Waals surface area contributed by atoms with Crippen LogP contribution in [0, 0.1) is 17.3 Å². The lowest BCUT2D eigenvalue weighted by Gasteiger charge is -2.38. The molecule has 1 aromatic carbocycles. The largest absolute Gasteiger partial charge is 0.496 e. The number of benzene rings is 1. The molecule has 1 N–H and O–H groups in total. The van der Waals surface area contributed by atoms with Gasteiger partial charge in [0.05, 0.1) is 7.11 Å². The van der Waals surface area contributed by atoms with Crippen LogP contribution in [0.4, 0.5) is 0 Å². The highest BCUT2D eigenvalue weighted by Crippen LogP contribution is 2.57. The molecule has 3 atom stereocenters. The molecule has 0 saturated heterocycles. The molecule has 0 amide bonds. The van der Waals surface area contributed by atoms with Gasteiger partial charge in [-0.25, -0.2) is 0 Å². The molecule has 1 aromatic rings. The van der Waals surface area contributed by atoms with Crippen LogP contribution in [0.5, 0.6) is 5.75 Å². The van der Waals surface area contributed by atoms with Crippen LogP contribution < -0.4 is 10.1 Å². The summed E-state index contributed by atoms with van der Waals surface area (Å²) in [7, 11) is 1.78. The molecular formula is C18H26BrNO. The minimum absolute atomic E-state index is 0.438. The molecule has 2 fully saturated rings. The van der Waals surface area contributed by atoms with Gasteiger partial charge in [-0.05, 0) is 73.2 Å².